The molecule has 2 aromatic rings. The summed E-state index contributed by atoms with van der Waals surface area (Å²) < 4.78 is 3.55. The molecule has 15 heavy (non-hydrogen) atoms. The number of hydrogen-bond acceptors (Lipinski definition) is 2. The average molecular weight is 332 g/mol. The van der Waals surface area contributed by atoms with Gasteiger partial charge in [0, 0.05) is 6.07 Å². The Morgan fingerprint density at radius 1 is 1.20 bits per heavy atom. The van der Waals surface area contributed by atoms with Crippen molar-refractivity contribution in [2.45, 2.75) is 6.54 Å². The summed E-state index contributed by atoms with van der Waals surface area (Å²) in [4.78, 5) is 0. The molecule has 0 bridgehead atoms. The lowest BCUT2D eigenvalue weighted by Gasteiger charge is -2.03. The highest BCUT2D eigenvalue weighted by Gasteiger charge is 2.03. The van der Waals surface area contributed by atoms with E-state index >= 15 is 0 Å². The van der Waals surface area contributed by atoms with Gasteiger partial charge in [0.1, 0.15) is 15.0 Å². The van der Waals surface area contributed by atoms with Crippen LogP contribution in [0.3, 0.4) is 0 Å². The summed E-state index contributed by atoms with van der Waals surface area (Å²) in [6, 6.07) is 8.97. The van der Waals surface area contributed by atoms with E-state index < -0.39 is 0 Å². The fraction of sp³-hybridized carbons (Fsp3) is 0.100. The summed E-state index contributed by atoms with van der Waals surface area (Å²) in [6.45, 7) is 0.673. The van der Waals surface area contributed by atoms with Crippen molar-refractivity contribution >= 4 is 31.9 Å². The fourth-order valence-corrected chi connectivity index (χ4v) is 2.39. The summed E-state index contributed by atoms with van der Waals surface area (Å²) in [5.74, 6) is 0.277. The van der Waals surface area contributed by atoms with Gasteiger partial charge in [0.05, 0.1) is 6.54 Å². The molecule has 78 valence electrons. The van der Waals surface area contributed by atoms with Gasteiger partial charge in [-0.25, -0.2) is 0 Å². The largest absolute Gasteiger partial charge is 0.508 e. The lowest BCUT2D eigenvalue weighted by Crippen LogP contribution is -2.01. The van der Waals surface area contributed by atoms with Gasteiger partial charge in [-0.05, 0) is 49.6 Å². The zero-order chi connectivity index (χ0) is 10.8. The quantitative estimate of drug-likeness (QED) is 0.918. The van der Waals surface area contributed by atoms with Crippen molar-refractivity contribution < 1.29 is 5.11 Å². The summed E-state index contributed by atoms with van der Waals surface area (Å²) >= 11 is 6.72. The Hall–Kier alpha value is -0.810. The van der Waals surface area contributed by atoms with Crippen LogP contribution in [0.4, 0.5) is 0 Å². The number of phenolic OH excluding ortho intramolecular Hbond substituents is 1. The molecule has 0 amide bonds. The van der Waals surface area contributed by atoms with E-state index in [2.05, 4.69) is 37.0 Å². The van der Waals surface area contributed by atoms with Gasteiger partial charge in [-0.2, -0.15) is 5.10 Å². The number of phenols is 1. The Balaban J connectivity index is 2.21. The van der Waals surface area contributed by atoms with Crippen LogP contribution in [0.2, 0.25) is 0 Å². The topological polar surface area (TPSA) is 38.0 Å². The van der Waals surface area contributed by atoms with Gasteiger partial charge in [0.2, 0.25) is 0 Å². The predicted molar refractivity (Wildman–Crippen MR) is 64.8 cm³/mol. The Morgan fingerprint density at radius 2 is 1.87 bits per heavy atom. The van der Waals surface area contributed by atoms with Crippen LogP contribution in [0, 0.1) is 0 Å². The smallest absolute Gasteiger partial charge is 0.129 e. The molecular formula is C10H8Br2N2O. The number of aromatic nitrogens is 2. The maximum Gasteiger partial charge on any atom is 0.129 e. The van der Waals surface area contributed by atoms with Crippen molar-refractivity contribution in [1.29, 1.82) is 0 Å². The molecule has 0 fully saturated rings. The molecule has 0 saturated heterocycles. The minimum absolute atomic E-state index is 0.277. The number of aromatic hydroxyl groups is 1. The van der Waals surface area contributed by atoms with Crippen molar-refractivity contribution in [3.8, 4) is 5.75 Å². The van der Waals surface area contributed by atoms with Gasteiger partial charge < -0.3 is 5.11 Å². The van der Waals surface area contributed by atoms with Crippen LogP contribution in [0.15, 0.2) is 39.5 Å². The highest BCUT2D eigenvalue weighted by Crippen LogP contribution is 2.18. The van der Waals surface area contributed by atoms with Crippen LogP contribution in [-0.2, 0) is 6.54 Å². The molecular weight excluding hydrogens is 324 g/mol. The Bertz CT molecular complexity index is 465. The lowest BCUT2D eigenvalue weighted by molar-refractivity contribution is 0.475. The predicted octanol–water partition coefficient (Wildman–Crippen LogP) is 3.16. The van der Waals surface area contributed by atoms with Gasteiger partial charge in [0.25, 0.3) is 0 Å². The molecule has 3 nitrogen and oxygen atoms in total. The summed E-state index contributed by atoms with van der Waals surface area (Å²) in [5.41, 5.74) is 1.09. The minimum atomic E-state index is 0.277. The molecule has 1 N–H and O–H groups in total. The summed E-state index contributed by atoms with van der Waals surface area (Å²) in [7, 11) is 0. The van der Waals surface area contributed by atoms with E-state index in [9.17, 15) is 0 Å². The standard InChI is InChI=1S/C10H8Br2N2O/c11-9-5-10(12)14(13-9)6-7-1-3-8(15)4-2-7/h1-5,15H,6H2. The fourth-order valence-electron chi connectivity index (χ4n) is 1.25. The van der Waals surface area contributed by atoms with Crippen LogP contribution < -0.4 is 0 Å². The van der Waals surface area contributed by atoms with Crippen molar-refractivity contribution in [3.05, 3.63) is 45.1 Å². The van der Waals surface area contributed by atoms with Gasteiger partial charge >= 0.3 is 0 Å². The molecule has 0 unspecified atom stereocenters. The van der Waals surface area contributed by atoms with E-state index in [-0.39, 0.29) is 5.75 Å². The van der Waals surface area contributed by atoms with Crippen LogP contribution in [0.1, 0.15) is 5.56 Å². The zero-order valence-electron chi connectivity index (χ0n) is 7.69. The molecule has 5 heteroatoms. The molecule has 0 radical (unpaired) electrons. The van der Waals surface area contributed by atoms with E-state index in [4.69, 9.17) is 5.11 Å². The molecule has 0 aliphatic heterocycles. The minimum Gasteiger partial charge on any atom is -0.508 e. The first-order valence-corrected chi connectivity index (χ1v) is 5.90. The van der Waals surface area contributed by atoms with Crippen LogP contribution in [0.25, 0.3) is 0 Å². The molecule has 0 saturated carbocycles. The molecule has 0 aliphatic rings. The third kappa shape index (κ3) is 2.60. The summed E-state index contributed by atoms with van der Waals surface area (Å²) in [5, 5.41) is 13.4. The molecule has 1 heterocycles. The number of rotatable bonds is 2. The van der Waals surface area contributed by atoms with Crippen molar-refractivity contribution in [1.82, 2.24) is 9.78 Å². The molecule has 1 aromatic heterocycles. The van der Waals surface area contributed by atoms with E-state index in [1.807, 2.05) is 22.9 Å². The second-order valence-corrected chi connectivity index (χ2v) is 4.74. The van der Waals surface area contributed by atoms with Crippen LogP contribution in [0.5, 0.6) is 5.75 Å². The van der Waals surface area contributed by atoms with Crippen LogP contribution in [-0.4, -0.2) is 14.9 Å². The maximum absolute atomic E-state index is 9.14. The Morgan fingerprint density at radius 3 is 2.40 bits per heavy atom. The van der Waals surface area contributed by atoms with Crippen molar-refractivity contribution in [2.24, 2.45) is 0 Å². The average Bonchev–Trinajstić information content (AvgIpc) is 2.49. The number of hydrogen-bond donors (Lipinski definition) is 1. The molecule has 0 spiro atoms. The highest BCUT2D eigenvalue weighted by atomic mass is 79.9. The molecule has 1 aromatic carbocycles. The Kier molecular flexibility index (Phi) is 3.11. The van der Waals surface area contributed by atoms with E-state index in [1.165, 1.54) is 0 Å². The molecule has 0 aliphatic carbocycles. The molecule has 0 atom stereocenters. The zero-order valence-corrected chi connectivity index (χ0v) is 10.9. The van der Waals surface area contributed by atoms with E-state index in [0.717, 1.165) is 14.8 Å². The first-order valence-electron chi connectivity index (χ1n) is 4.32. The van der Waals surface area contributed by atoms with Crippen molar-refractivity contribution in [3.63, 3.8) is 0 Å². The van der Waals surface area contributed by atoms with Gasteiger partial charge in [-0.1, -0.05) is 12.1 Å². The lowest BCUT2D eigenvalue weighted by atomic mass is 10.2. The number of nitrogens with zero attached hydrogens (tertiary/aromatic N) is 2. The SMILES string of the molecule is Oc1ccc(Cn2nc(Br)cc2Br)cc1. The molecule has 2 rings (SSSR count). The van der Waals surface area contributed by atoms with Gasteiger partial charge in [-0.15, -0.1) is 0 Å². The summed E-state index contributed by atoms with van der Waals surface area (Å²) in [6.07, 6.45) is 0. The second kappa shape index (κ2) is 4.37. The monoisotopic (exact) mass is 330 g/mol. The third-order valence-electron chi connectivity index (χ3n) is 1.97. The third-order valence-corrected chi connectivity index (χ3v) is 3.00. The number of halogens is 2. The first-order chi connectivity index (χ1) is 7.15. The van der Waals surface area contributed by atoms with Crippen LogP contribution >= 0.6 is 31.9 Å². The highest BCUT2D eigenvalue weighted by molar-refractivity contribution is 9.11. The van der Waals surface area contributed by atoms with Gasteiger partial charge in [-0.3, -0.25) is 4.68 Å². The first kappa shape index (κ1) is 10.7. The van der Waals surface area contributed by atoms with E-state index in [1.54, 1.807) is 12.1 Å². The second-order valence-electron chi connectivity index (χ2n) is 3.11. The van der Waals surface area contributed by atoms with Crippen molar-refractivity contribution in [2.75, 3.05) is 0 Å². The normalized spacial score (nSPS) is 10.5. The maximum atomic E-state index is 9.14. The number of benzene rings is 1. The Labute approximate surface area is 104 Å². The van der Waals surface area contributed by atoms with Gasteiger partial charge in [0.15, 0.2) is 0 Å². The van der Waals surface area contributed by atoms with E-state index in [0.29, 0.717) is 6.54 Å².